The summed E-state index contributed by atoms with van der Waals surface area (Å²) in [5, 5.41) is 9.30. The van der Waals surface area contributed by atoms with Crippen LogP contribution in [0.15, 0.2) is 24.3 Å². The van der Waals surface area contributed by atoms with E-state index in [-0.39, 0.29) is 6.10 Å². The second kappa shape index (κ2) is 4.66. The Kier molecular flexibility index (Phi) is 3.25. The van der Waals surface area contributed by atoms with Crippen molar-refractivity contribution in [1.29, 1.82) is 0 Å². The number of aliphatic carboxylic acids is 1. The Balaban J connectivity index is 2.28. The zero-order valence-corrected chi connectivity index (χ0v) is 9.35. The molecule has 0 spiro atoms. The first-order chi connectivity index (χ1) is 7.68. The molecule has 16 heavy (non-hydrogen) atoms. The van der Waals surface area contributed by atoms with Gasteiger partial charge in [-0.15, -0.1) is 0 Å². The van der Waals surface area contributed by atoms with Crippen LogP contribution in [0.3, 0.4) is 0 Å². The van der Waals surface area contributed by atoms with E-state index >= 15 is 0 Å². The first-order valence-corrected chi connectivity index (χ1v) is 5.59. The third-order valence-corrected chi connectivity index (χ3v) is 3.00. The molecule has 0 aromatic heterocycles. The molecule has 2 atom stereocenters. The second-order valence-corrected chi connectivity index (χ2v) is 4.28. The minimum absolute atomic E-state index is 0.167. The van der Waals surface area contributed by atoms with Gasteiger partial charge in [-0.1, -0.05) is 29.8 Å². The summed E-state index contributed by atoms with van der Waals surface area (Å²) in [7, 11) is 0. The third kappa shape index (κ3) is 2.25. The SMILES string of the molecule is Cc1cccc(C(C(=O)O)C2CCCO2)c1. The molecular formula is C13H16O3. The Bertz CT molecular complexity index is 381. The van der Waals surface area contributed by atoms with Gasteiger partial charge >= 0.3 is 5.97 Å². The van der Waals surface area contributed by atoms with E-state index in [1.165, 1.54) is 0 Å². The highest BCUT2D eigenvalue weighted by atomic mass is 16.5. The fourth-order valence-corrected chi connectivity index (χ4v) is 2.25. The maximum absolute atomic E-state index is 11.3. The van der Waals surface area contributed by atoms with E-state index < -0.39 is 11.9 Å². The summed E-state index contributed by atoms with van der Waals surface area (Å²) in [5.41, 5.74) is 1.93. The summed E-state index contributed by atoms with van der Waals surface area (Å²) in [6.45, 7) is 2.65. The van der Waals surface area contributed by atoms with Crippen molar-refractivity contribution in [3.8, 4) is 0 Å². The number of rotatable bonds is 3. The van der Waals surface area contributed by atoms with Gasteiger partial charge in [-0.05, 0) is 25.3 Å². The van der Waals surface area contributed by atoms with Gasteiger partial charge in [-0.3, -0.25) is 4.79 Å². The van der Waals surface area contributed by atoms with Gasteiger partial charge in [0.15, 0.2) is 0 Å². The number of benzene rings is 1. The van der Waals surface area contributed by atoms with Crippen molar-refractivity contribution in [3.05, 3.63) is 35.4 Å². The summed E-state index contributed by atoms with van der Waals surface area (Å²) in [6, 6.07) is 7.67. The largest absolute Gasteiger partial charge is 0.481 e. The molecule has 1 aromatic rings. The molecule has 0 saturated carbocycles. The van der Waals surface area contributed by atoms with E-state index in [0.29, 0.717) is 6.61 Å². The highest BCUT2D eigenvalue weighted by Gasteiger charge is 2.32. The van der Waals surface area contributed by atoms with Crippen LogP contribution in [-0.4, -0.2) is 23.8 Å². The molecule has 1 heterocycles. The summed E-state index contributed by atoms with van der Waals surface area (Å²) in [4.78, 5) is 11.3. The molecule has 86 valence electrons. The van der Waals surface area contributed by atoms with Crippen molar-refractivity contribution < 1.29 is 14.6 Å². The molecule has 2 rings (SSSR count). The molecule has 3 heteroatoms. The fourth-order valence-electron chi connectivity index (χ4n) is 2.25. The highest BCUT2D eigenvalue weighted by Crippen LogP contribution is 2.29. The summed E-state index contributed by atoms with van der Waals surface area (Å²) < 4.78 is 5.49. The number of carboxylic acids is 1. The summed E-state index contributed by atoms with van der Waals surface area (Å²) in [6.07, 6.45) is 1.63. The molecular weight excluding hydrogens is 204 g/mol. The van der Waals surface area contributed by atoms with Crippen molar-refractivity contribution >= 4 is 5.97 Å². The van der Waals surface area contributed by atoms with E-state index in [4.69, 9.17) is 4.74 Å². The molecule has 0 amide bonds. The number of ether oxygens (including phenoxy) is 1. The minimum Gasteiger partial charge on any atom is -0.481 e. The third-order valence-electron chi connectivity index (χ3n) is 3.00. The van der Waals surface area contributed by atoms with Crippen LogP contribution in [0.5, 0.6) is 0 Å². The van der Waals surface area contributed by atoms with E-state index in [1.54, 1.807) is 0 Å². The van der Waals surface area contributed by atoms with Crippen LogP contribution in [-0.2, 0) is 9.53 Å². The Morgan fingerprint density at radius 3 is 2.94 bits per heavy atom. The molecule has 1 saturated heterocycles. The highest BCUT2D eigenvalue weighted by molar-refractivity contribution is 5.77. The van der Waals surface area contributed by atoms with Gasteiger partial charge in [0.1, 0.15) is 5.92 Å². The van der Waals surface area contributed by atoms with Crippen LogP contribution in [0.1, 0.15) is 29.9 Å². The van der Waals surface area contributed by atoms with Gasteiger partial charge < -0.3 is 9.84 Å². The lowest BCUT2D eigenvalue weighted by molar-refractivity contribution is -0.141. The number of aryl methyl sites for hydroxylation is 1. The minimum atomic E-state index is -0.794. The zero-order chi connectivity index (χ0) is 11.5. The molecule has 2 unspecified atom stereocenters. The van der Waals surface area contributed by atoms with Gasteiger partial charge in [0, 0.05) is 6.61 Å². The average molecular weight is 220 g/mol. The lowest BCUT2D eigenvalue weighted by Crippen LogP contribution is -2.25. The van der Waals surface area contributed by atoms with Crippen molar-refractivity contribution in [3.63, 3.8) is 0 Å². The van der Waals surface area contributed by atoms with Crippen molar-refractivity contribution in [2.75, 3.05) is 6.61 Å². The van der Waals surface area contributed by atoms with Crippen LogP contribution in [0, 0.1) is 6.92 Å². The first-order valence-electron chi connectivity index (χ1n) is 5.59. The number of carbonyl (C=O) groups is 1. The zero-order valence-electron chi connectivity index (χ0n) is 9.35. The predicted octanol–water partition coefficient (Wildman–Crippen LogP) is 2.34. The Labute approximate surface area is 95.0 Å². The molecule has 0 aliphatic carbocycles. The van der Waals surface area contributed by atoms with Crippen LogP contribution in [0.2, 0.25) is 0 Å². The maximum atomic E-state index is 11.3. The van der Waals surface area contributed by atoms with Gasteiger partial charge in [-0.2, -0.15) is 0 Å². The normalized spacial score (nSPS) is 21.9. The molecule has 1 N–H and O–H groups in total. The Morgan fingerprint density at radius 1 is 1.56 bits per heavy atom. The van der Waals surface area contributed by atoms with Crippen molar-refractivity contribution in [2.45, 2.75) is 31.8 Å². The molecule has 0 radical (unpaired) electrons. The van der Waals surface area contributed by atoms with Gasteiger partial charge in [0.2, 0.25) is 0 Å². The number of carboxylic acid groups (broad SMARTS) is 1. The summed E-state index contributed by atoms with van der Waals surface area (Å²) >= 11 is 0. The van der Waals surface area contributed by atoms with E-state index in [1.807, 2.05) is 31.2 Å². The van der Waals surface area contributed by atoms with E-state index in [9.17, 15) is 9.90 Å². The van der Waals surface area contributed by atoms with Crippen LogP contribution in [0.25, 0.3) is 0 Å². The van der Waals surface area contributed by atoms with Crippen LogP contribution < -0.4 is 0 Å². The maximum Gasteiger partial charge on any atom is 0.313 e. The lowest BCUT2D eigenvalue weighted by atomic mass is 9.91. The number of hydrogen-bond acceptors (Lipinski definition) is 2. The standard InChI is InChI=1S/C13H16O3/c1-9-4-2-5-10(8-9)12(13(14)15)11-6-3-7-16-11/h2,4-5,8,11-12H,3,6-7H2,1H3,(H,14,15). The van der Waals surface area contributed by atoms with Crippen molar-refractivity contribution in [2.24, 2.45) is 0 Å². The molecule has 1 aliphatic rings. The first kappa shape index (κ1) is 11.1. The Morgan fingerprint density at radius 2 is 2.38 bits per heavy atom. The fraction of sp³-hybridized carbons (Fsp3) is 0.462. The topological polar surface area (TPSA) is 46.5 Å². The smallest absolute Gasteiger partial charge is 0.313 e. The van der Waals surface area contributed by atoms with E-state index in [0.717, 1.165) is 24.0 Å². The van der Waals surface area contributed by atoms with E-state index in [2.05, 4.69) is 0 Å². The van der Waals surface area contributed by atoms with Crippen LogP contribution in [0.4, 0.5) is 0 Å². The quantitative estimate of drug-likeness (QED) is 0.850. The van der Waals surface area contributed by atoms with Gasteiger partial charge in [0.25, 0.3) is 0 Å². The lowest BCUT2D eigenvalue weighted by Gasteiger charge is -2.19. The molecule has 0 bridgehead atoms. The average Bonchev–Trinajstić information content (AvgIpc) is 2.71. The molecule has 1 aliphatic heterocycles. The monoisotopic (exact) mass is 220 g/mol. The Hall–Kier alpha value is -1.35. The van der Waals surface area contributed by atoms with Crippen LogP contribution >= 0.6 is 0 Å². The van der Waals surface area contributed by atoms with Gasteiger partial charge in [-0.25, -0.2) is 0 Å². The van der Waals surface area contributed by atoms with Crippen molar-refractivity contribution in [1.82, 2.24) is 0 Å². The number of hydrogen-bond donors (Lipinski definition) is 1. The second-order valence-electron chi connectivity index (χ2n) is 4.28. The molecule has 1 aromatic carbocycles. The molecule has 3 nitrogen and oxygen atoms in total. The van der Waals surface area contributed by atoms with Gasteiger partial charge in [0.05, 0.1) is 6.10 Å². The predicted molar refractivity (Wildman–Crippen MR) is 60.5 cm³/mol. The molecule has 1 fully saturated rings. The summed E-state index contributed by atoms with van der Waals surface area (Å²) in [5.74, 6) is -1.32.